The molecule has 1 aliphatic heterocycles. The van der Waals surface area contributed by atoms with Gasteiger partial charge < -0.3 is 9.29 Å². The molecule has 3 unspecified atom stereocenters. The van der Waals surface area contributed by atoms with Crippen LogP contribution < -0.4 is 4.74 Å². The van der Waals surface area contributed by atoms with Crippen molar-refractivity contribution in [1.29, 1.82) is 0 Å². The Kier molecular flexibility index (Phi) is 3.52. The van der Waals surface area contributed by atoms with Crippen molar-refractivity contribution < 1.29 is 13.5 Å². The molecule has 3 atom stereocenters. The highest BCUT2D eigenvalue weighted by Gasteiger charge is 2.28. The average molecular weight is 267 g/mol. The van der Waals surface area contributed by atoms with Gasteiger partial charge in [-0.2, -0.15) is 0 Å². The Morgan fingerprint density at radius 1 is 1.17 bits per heavy atom. The second-order valence-corrected chi connectivity index (χ2v) is 6.12. The molecular weight excluding hydrogens is 248 g/mol. The molecular formula is C14H19O3S-. The van der Waals surface area contributed by atoms with Gasteiger partial charge in [0.1, 0.15) is 5.75 Å². The van der Waals surface area contributed by atoms with E-state index in [4.69, 9.17) is 4.74 Å². The first kappa shape index (κ1) is 13.6. The molecule has 2 rings (SSSR count). The summed E-state index contributed by atoms with van der Waals surface area (Å²) < 4.78 is 28.7. The van der Waals surface area contributed by atoms with Crippen molar-refractivity contribution in [3.05, 3.63) is 22.3 Å². The van der Waals surface area contributed by atoms with Gasteiger partial charge in [0.15, 0.2) is 0 Å². The van der Waals surface area contributed by atoms with Gasteiger partial charge in [0.25, 0.3) is 0 Å². The molecule has 0 radical (unpaired) electrons. The van der Waals surface area contributed by atoms with Crippen LogP contribution in [0.15, 0.2) is 4.90 Å². The molecule has 0 N–H and O–H groups in total. The Balaban J connectivity index is 2.77. The molecule has 4 heteroatoms. The minimum atomic E-state index is -2.19. The molecule has 0 aliphatic carbocycles. The maximum absolute atomic E-state index is 11.4. The summed E-state index contributed by atoms with van der Waals surface area (Å²) in [6, 6.07) is 0. The fraction of sp³-hybridized carbons (Fsp3) is 0.571. The zero-order valence-corrected chi connectivity index (χ0v) is 12.3. The van der Waals surface area contributed by atoms with Gasteiger partial charge in [0.05, 0.1) is 6.10 Å². The third kappa shape index (κ3) is 1.97. The van der Waals surface area contributed by atoms with E-state index in [2.05, 4.69) is 13.8 Å². The zero-order valence-electron chi connectivity index (χ0n) is 11.5. The highest BCUT2D eigenvalue weighted by Crippen LogP contribution is 2.43. The van der Waals surface area contributed by atoms with Gasteiger partial charge in [-0.15, -0.1) is 0 Å². The van der Waals surface area contributed by atoms with E-state index in [0.29, 0.717) is 10.8 Å². The van der Waals surface area contributed by atoms with E-state index in [1.54, 1.807) is 0 Å². The van der Waals surface area contributed by atoms with Crippen molar-refractivity contribution in [2.24, 2.45) is 0 Å². The second-order valence-electron chi connectivity index (χ2n) is 5.25. The van der Waals surface area contributed by atoms with Crippen molar-refractivity contribution in [3.8, 4) is 5.75 Å². The number of rotatable bonds is 1. The predicted molar refractivity (Wildman–Crippen MR) is 71.0 cm³/mol. The first-order valence-corrected chi connectivity index (χ1v) is 7.31. The van der Waals surface area contributed by atoms with Crippen LogP contribution in [0.4, 0.5) is 0 Å². The quantitative estimate of drug-likeness (QED) is 0.734. The Bertz CT molecular complexity index is 523. The maximum Gasteiger partial charge on any atom is 0.126 e. The van der Waals surface area contributed by atoms with Crippen LogP contribution in [0.3, 0.4) is 0 Å². The molecule has 0 fully saturated rings. The minimum Gasteiger partial charge on any atom is -0.768 e. The topological polar surface area (TPSA) is 49.4 Å². The van der Waals surface area contributed by atoms with Crippen LogP contribution in [0.1, 0.15) is 48.4 Å². The van der Waals surface area contributed by atoms with E-state index in [1.165, 1.54) is 0 Å². The summed E-state index contributed by atoms with van der Waals surface area (Å²) >= 11 is -2.19. The van der Waals surface area contributed by atoms with Crippen LogP contribution >= 0.6 is 0 Å². The average Bonchev–Trinajstić information content (AvgIpc) is 2.24. The highest BCUT2D eigenvalue weighted by atomic mass is 32.2. The fourth-order valence-corrected chi connectivity index (χ4v) is 3.74. The molecule has 0 aromatic heterocycles. The van der Waals surface area contributed by atoms with E-state index < -0.39 is 11.1 Å². The summed E-state index contributed by atoms with van der Waals surface area (Å²) in [6.45, 7) is 9.86. The third-order valence-electron chi connectivity index (χ3n) is 3.90. The Morgan fingerprint density at radius 3 is 2.33 bits per heavy atom. The van der Waals surface area contributed by atoms with E-state index in [0.717, 1.165) is 34.4 Å². The summed E-state index contributed by atoms with van der Waals surface area (Å²) in [5.41, 5.74) is 3.67. The second kappa shape index (κ2) is 4.67. The lowest BCUT2D eigenvalue weighted by Gasteiger charge is -2.33. The molecule has 1 aliphatic rings. The third-order valence-corrected chi connectivity index (χ3v) is 4.84. The number of benzene rings is 1. The lowest BCUT2D eigenvalue weighted by atomic mass is 9.85. The van der Waals surface area contributed by atoms with Crippen LogP contribution in [-0.2, 0) is 11.1 Å². The largest absolute Gasteiger partial charge is 0.768 e. The summed E-state index contributed by atoms with van der Waals surface area (Å²) in [4.78, 5) is 0.441. The molecule has 0 bridgehead atoms. The molecule has 100 valence electrons. The smallest absolute Gasteiger partial charge is 0.126 e. The molecule has 18 heavy (non-hydrogen) atoms. The molecule has 0 saturated heterocycles. The molecule has 0 saturated carbocycles. The number of fused-ring (bicyclic) bond motifs is 1. The highest BCUT2D eigenvalue weighted by molar-refractivity contribution is 7.79. The van der Waals surface area contributed by atoms with Crippen LogP contribution in [0.25, 0.3) is 0 Å². The zero-order chi connectivity index (χ0) is 13.6. The van der Waals surface area contributed by atoms with Gasteiger partial charge in [-0.1, -0.05) is 6.92 Å². The number of hydrogen-bond acceptors (Lipinski definition) is 3. The molecule has 1 aromatic rings. The van der Waals surface area contributed by atoms with E-state index in [-0.39, 0.29) is 6.10 Å². The number of ether oxygens (including phenoxy) is 1. The maximum atomic E-state index is 11.4. The standard InChI is InChI=1S/C14H20O3S/c1-7-6-8(2)17-13-9(3)10(4)14(18(15)16)11(5)12(7)13/h7-8H,6H2,1-5H3,(H,15,16)/p-1. The van der Waals surface area contributed by atoms with Crippen LogP contribution in [0, 0.1) is 20.8 Å². The summed E-state index contributed by atoms with van der Waals surface area (Å²) in [5, 5.41) is 0. The monoisotopic (exact) mass is 267 g/mol. The summed E-state index contributed by atoms with van der Waals surface area (Å²) in [7, 11) is 0. The lowest BCUT2D eigenvalue weighted by Crippen LogP contribution is -2.24. The SMILES string of the molecule is Cc1c(C)c(S(=O)[O-])c(C)c2c1OC(C)CC2C. The van der Waals surface area contributed by atoms with Crippen LogP contribution in [-0.4, -0.2) is 14.9 Å². The van der Waals surface area contributed by atoms with Gasteiger partial charge in [0.2, 0.25) is 0 Å². The molecule has 1 aromatic carbocycles. The summed E-state index contributed by atoms with van der Waals surface area (Å²) in [5.74, 6) is 1.23. The first-order chi connectivity index (χ1) is 8.34. The van der Waals surface area contributed by atoms with E-state index in [1.807, 2.05) is 20.8 Å². The molecule has 1 heterocycles. The summed E-state index contributed by atoms with van der Waals surface area (Å²) in [6.07, 6.45) is 1.12. The lowest BCUT2D eigenvalue weighted by molar-refractivity contribution is 0.177. The van der Waals surface area contributed by atoms with Crippen molar-refractivity contribution in [2.75, 3.05) is 0 Å². The van der Waals surface area contributed by atoms with Gasteiger partial charge in [-0.25, -0.2) is 0 Å². The number of hydrogen-bond donors (Lipinski definition) is 0. The van der Waals surface area contributed by atoms with Crippen molar-refractivity contribution in [1.82, 2.24) is 0 Å². The van der Waals surface area contributed by atoms with E-state index >= 15 is 0 Å². The first-order valence-electron chi connectivity index (χ1n) is 6.24. The van der Waals surface area contributed by atoms with E-state index in [9.17, 15) is 8.76 Å². The van der Waals surface area contributed by atoms with Gasteiger partial charge in [-0.05, 0) is 67.8 Å². The molecule has 0 amide bonds. The normalized spacial score (nSPS) is 24.3. The van der Waals surface area contributed by atoms with Gasteiger partial charge in [0, 0.05) is 10.5 Å². The van der Waals surface area contributed by atoms with Gasteiger partial charge in [-0.3, -0.25) is 4.21 Å². The Labute approximate surface area is 111 Å². The Morgan fingerprint density at radius 2 is 1.78 bits per heavy atom. The van der Waals surface area contributed by atoms with Gasteiger partial charge >= 0.3 is 0 Å². The van der Waals surface area contributed by atoms with Crippen molar-refractivity contribution in [2.45, 2.75) is 58.0 Å². The van der Waals surface area contributed by atoms with Crippen LogP contribution in [0.2, 0.25) is 0 Å². The van der Waals surface area contributed by atoms with Crippen molar-refractivity contribution in [3.63, 3.8) is 0 Å². The predicted octanol–water partition coefficient (Wildman–Crippen LogP) is 3.12. The minimum absolute atomic E-state index is 0.189. The Hall–Kier alpha value is -0.870. The molecule has 0 spiro atoms. The van der Waals surface area contributed by atoms with Crippen molar-refractivity contribution >= 4 is 11.1 Å². The fourth-order valence-electron chi connectivity index (χ4n) is 2.98. The van der Waals surface area contributed by atoms with Crippen LogP contribution in [0.5, 0.6) is 5.75 Å². The molecule has 3 nitrogen and oxygen atoms in total.